The van der Waals surface area contributed by atoms with Gasteiger partial charge in [0.05, 0.1) is 23.2 Å². The van der Waals surface area contributed by atoms with Crippen LogP contribution in [0.4, 0.5) is 0 Å². The van der Waals surface area contributed by atoms with Gasteiger partial charge >= 0.3 is 5.97 Å². The van der Waals surface area contributed by atoms with Crippen LogP contribution < -0.4 is 0 Å². The summed E-state index contributed by atoms with van der Waals surface area (Å²) in [6, 6.07) is 0. The Kier molecular flexibility index (Phi) is 4.15. The number of hydrogen-bond acceptors (Lipinski definition) is 4. The third kappa shape index (κ3) is 3.06. The first-order valence-corrected chi connectivity index (χ1v) is 7.17. The maximum absolute atomic E-state index is 11.6. The van der Waals surface area contributed by atoms with Crippen LogP contribution in [0.25, 0.3) is 0 Å². The average molecular weight is 253 g/mol. The number of esters is 1. The van der Waals surface area contributed by atoms with Gasteiger partial charge in [-0.3, -0.25) is 4.79 Å². The Hall–Kier alpha value is -0.900. The standard InChI is InChI=1S/C13H19NO2S/c1-3-16-13(15)11-6-4-10(5-7-11)12-8-17-9(2)14-12/h8,10-11H,3-7H2,1-2H3. The lowest BCUT2D eigenvalue weighted by Crippen LogP contribution is -2.23. The molecule has 1 saturated carbocycles. The van der Waals surface area contributed by atoms with Crippen molar-refractivity contribution in [1.29, 1.82) is 0 Å². The highest BCUT2D eigenvalue weighted by atomic mass is 32.1. The second kappa shape index (κ2) is 5.63. The van der Waals surface area contributed by atoms with Crippen molar-refractivity contribution < 1.29 is 9.53 Å². The normalized spacial score (nSPS) is 24.6. The molecule has 94 valence electrons. The van der Waals surface area contributed by atoms with Crippen LogP contribution in [-0.2, 0) is 9.53 Å². The van der Waals surface area contributed by atoms with Crippen molar-refractivity contribution in [3.05, 3.63) is 16.1 Å². The first-order chi connectivity index (χ1) is 8.20. The quantitative estimate of drug-likeness (QED) is 0.776. The summed E-state index contributed by atoms with van der Waals surface area (Å²) in [6.45, 7) is 4.39. The molecule has 3 nitrogen and oxygen atoms in total. The van der Waals surface area contributed by atoms with Gasteiger partial charge in [-0.05, 0) is 39.5 Å². The Balaban J connectivity index is 1.88. The fourth-order valence-electron chi connectivity index (χ4n) is 2.45. The highest BCUT2D eigenvalue weighted by Crippen LogP contribution is 2.36. The molecular weight excluding hydrogens is 234 g/mol. The van der Waals surface area contributed by atoms with E-state index in [4.69, 9.17) is 4.74 Å². The molecule has 0 bridgehead atoms. The first kappa shape index (κ1) is 12.6. The van der Waals surface area contributed by atoms with Crippen molar-refractivity contribution in [1.82, 2.24) is 4.98 Å². The molecule has 1 aromatic rings. The number of aryl methyl sites for hydroxylation is 1. The Morgan fingerprint density at radius 1 is 1.47 bits per heavy atom. The van der Waals surface area contributed by atoms with E-state index >= 15 is 0 Å². The fraction of sp³-hybridized carbons (Fsp3) is 0.692. The van der Waals surface area contributed by atoms with Gasteiger partial charge in [0, 0.05) is 11.3 Å². The zero-order valence-corrected chi connectivity index (χ0v) is 11.3. The third-order valence-corrected chi connectivity index (χ3v) is 4.19. The second-order valence-electron chi connectivity index (χ2n) is 4.59. The summed E-state index contributed by atoms with van der Waals surface area (Å²) >= 11 is 1.71. The van der Waals surface area contributed by atoms with Crippen molar-refractivity contribution in [2.45, 2.75) is 45.4 Å². The highest BCUT2D eigenvalue weighted by molar-refractivity contribution is 7.09. The molecular formula is C13H19NO2S. The Bertz CT molecular complexity index is 381. The predicted octanol–water partition coefficient (Wildman–Crippen LogP) is 3.29. The molecule has 0 spiro atoms. The summed E-state index contributed by atoms with van der Waals surface area (Å²) in [5, 5.41) is 3.29. The van der Waals surface area contributed by atoms with E-state index in [0.717, 1.165) is 30.7 Å². The van der Waals surface area contributed by atoms with Crippen molar-refractivity contribution >= 4 is 17.3 Å². The molecule has 0 atom stereocenters. The molecule has 4 heteroatoms. The molecule has 0 radical (unpaired) electrons. The molecule has 0 aliphatic heterocycles. The Morgan fingerprint density at radius 2 is 2.18 bits per heavy atom. The van der Waals surface area contributed by atoms with Crippen molar-refractivity contribution in [3.63, 3.8) is 0 Å². The van der Waals surface area contributed by atoms with Crippen LogP contribution in [0.1, 0.15) is 49.2 Å². The van der Waals surface area contributed by atoms with E-state index in [9.17, 15) is 4.79 Å². The van der Waals surface area contributed by atoms with Crippen molar-refractivity contribution in [2.24, 2.45) is 5.92 Å². The van der Waals surface area contributed by atoms with Crippen molar-refractivity contribution in [3.8, 4) is 0 Å². The first-order valence-electron chi connectivity index (χ1n) is 6.29. The largest absolute Gasteiger partial charge is 0.466 e. The van der Waals surface area contributed by atoms with E-state index in [1.165, 1.54) is 5.69 Å². The van der Waals surface area contributed by atoms with Gasteiger partial charge in [0.1, 0.15) is 0 Å². The third-order valence-electron chi connectivity index (χ3n) is 3.40. The van der Waals surface area contributed by atoms with Crippen LogP contribution in [-0.4, -0.2) is 17.6 Å². The SMILES string of the molecule is CCOC(=O)C1CCC(c2csc(C)n2)CC1. The summed E-state index contributed by atoms with van der Waals surface area (Å²) in [5.41, 5.74) is 1.22. The number of aromatic nitrogens is 1. The van der Waals surface area contributed by atoms with Crippen LogP contribution >= 0.6 is 11.3 Å². The fourth-order valence-corrected chi connectivity index (χ4v) is 3.15. The minimum atomic E-state index is -0.0135. The predicted molar refractivity (Wildman–Crippen MR) is 68.2 cm³/mol. The molecule has 2 rings (SSSR count). The molecule has 0 N–H and O–H groups in total. The lowest BCUT2D eigenvalue weighted by molar-refractivity contribution is -0.149. The van der Waals surface area contributed by atoms with Gasteiger partial charge in [-0.2, -0.15) is 0 Å². The van der Waals surface area contributed by atoms with Gasteiger partial charge < -0.3 is 4.74 Å². The minimum absolute atomic E-state index is 0.0135. The summed E-state index contributed by atoms with van der Waals surface area (Å²) in [4.78, 5) is 16.2. The summed E-state index contributed by atoms with van der Waals surface area (Å²) < 4.78 is 5.07. The minimum Gasteiger partial charge on any atom is -0.466 e. The topological polar surface area (TPSA) is 39.2 Å². The van der Waals surface area contributed by atoms with Crippen LogP contribution in [0.3, 0.4) is 0 Å². The summed E-state index contributed by atoms with van der Waals surface area (Å²) in [6.07, 6.45) is 4.01. The zero-order valence-electron chi connectivity index (χ0n) is 10.4. The molecule has 0 amide bonds. The van der Waals surface area contributed by atoms with Gasteiger partial charge in [-0.15, -0.1) is 11.3 Å². The van der Waals surface area contributed by atoms with E-state index in [1.807, 2.05) is 13.8 Å². The van der Waals surface area contributed by atoms with Crippen LogP contribution in [0.2, 0.25) is 0 Å². The van der Waals surface area contributed by atoms with E-state index in [1.54, 1.807) is 11.3 Å². The number of rotatable bonds is 3. The maximum Gasteiger partial charge on any atom is 0.308 e. The monoisotopic (exact) mass is 253 g/mol. The van der Waals surface area contributed by atoms with Crippen LogP contribution in [0, 0.1) is 12.8 Å². The molecule has 0 saturated heterocycles. The Morgan fingerprint density at radius 3 is 2.71 bits per heavy atom. The number of thiazole rings is 1. The van der Waals surface area contributed by atoms with E-state index in [2.05, 4.69) is 10.4 Å². The zero-order chi connectivity index (χ0) is 12.3. The molecule has 1 fully saturated rings. The number of ether oxygens (including phenoxy) is 1. The van der Waals surface area contributed by atoms with E-state index < -0.39 is 0 Å². The molecule has 1 aliphatic carbocycles. The summed E-state index contributed by atoms with van der Waals surface area (Å²) in [5.74, 6) is 0.650. The van der Waals surface area contributed by atoms with Gasteiger partial charge in [0.15, 0.2) is 0 Å². The molecule has 0 aromatic carbocycles. The number of carbonyl (C=O) groups excluding carboxylic acids is 1. The molecule has 1 aromatic heterocycles. The van der Waals surface area contributed by atoms with E-state index in [-0.39, 0.29) is 11.9 Å². The van der Waals surface area contributed by atoms with Gasteiger partial charge in [0.2, 0.25) is 0 Å². The number of hydrogen-bond donors (Lipinski definition) is 0. The van der Waals surface area contributed by atoms with Gasteiger partial charge in [0.25, 0.3) is 0 Å². The van der Waals surface area contributed by atoms with Crippen LogP contribution in [0.15, 0.2) is 5.38 Å². The Labute approximate surface area is 106 Å². The van der Waals surface area contributed by atoms with Crippen LogP contribution in [0.5, 0.6) is 0 Å². The smallest absolute Gasteiger partial charge is 0.308 e. The second-order valence-corrected chi connectivity index (χ2v) is 5.65. The maximum atomic E-state index is 11.6. The number of nitrogens with zero attached hydrogens (tertiary/aromatic N) is 1. The average Bonchev–Trinajstić information content (AvgIpc) is 2.76. The summed E-state index contributed by atoms with van der Waals surface area (Å²) in [7, 11) is 0. The van der Waals surface area contributed by atoms with E-state index in [0.29, 0.717) is 12.5 Å². The lowest BCUT2D eigenvalue weighted by Gasteiger charge is -2.26. The lowest BCUT2D eigenvalue weighted by atomic mass is 9.81. The molecule has 1 heterocycles. The van der Waals surface area contributed by atoms with Gasteiger partial charge in [-0.1, -0.05) is 0 Å². The van der Waals surface area contributed by atoms with Crippen molar-refractivity contribution in [2.75, 3.05) is 6.61 Å². The molecule has 17 heavy (non-hydrogen) atoms. The molecule has 0 unspecified atom stereocenters. The van der Waals surface area contributed by atoms with Gasteiger partial charge in [-0.25, -0.2) is 4.98 Å². The number of carbonyl (C=O) groups is 1. The molecule has 1 aliphatic rings. The highest BCUT2D eigenvalue weighted by Gasteiger charge is 2.28.